The van der Waals surface area contributed by atoms with Crippen molar-refractivity contribution >= 4 is 11.8 Å². The molecule has 30 heavy (non-hydrogen) atoms. The van der Waals surface area contributed by atoms with Gasteiger partial charge in [0.1, 0.15) is 11.9 Å². The largest absolute Gasteiger partial charge is 0.573 e. The van der Waals surface area contributed by atoms with E-state index in [1.165, 1.54) is 12.1 Å². The molecule has 0 spiro atoms. The molecule has 0 saturated heterocycles. The quantitative estimate of drug-likeness (QED) is 0.567. The van der Waals surface area contributed by atoms with Gasteiger partial charge in [-0.2, -0.15) is 0 Å². The lowest BCUT2D eigenvalue weighted by Gasteiger charge is -2.37. The fraction of sp³-hybridized carbons (Fsp3) is 0.333. The third-order valence-corrected chi connectivity index (χ3v) is 4.95. The molecular weight excluding hydrogens is 401 g/mol. The molecule has 0 radical (unpaired) electrons. The third kappa shape index (κ3) is 5.37. The average Bonchev–Trinajstić information content (AvgIpc) is 2.67. The molecule has 0 amide bonds. The second-order valence-electron chi connectivity index (χ2n) is 7.15. The van der Waals surface area contributed by atoms with E-state index < -0.39 is 42.2 Å². The molecule has 0 aliphatic heterocycles. The zero-order chi connectivity index (χ0) is 21.9. The van der Waals surface area contributed by atoms with Gasteiger partial charge >= 0.3 is 12.3 Å². The molecule has 0 aromatic heterocycles. The van der Waals surface area contributed by atoms with Crippen LogP contribution in [0.3, 0.4) is 0 Å². The van der Waals surface area contributed by atoms with Gasteiger partial charge in [-0.3, -0.25) is 4.79 Å². The first-order chi connectivity index (χ1) is 14.1. The Hall–Kier alpha value is -2.91. The lowest BCUT2D eigenvalue weighted by Crippen LogP contribution is -2.54. The Labute approximate surface area is 170 Å². The SMILES string of the molecule is NC1CC(OC(=O)c2ccccc2)CC(N)C1C(=O)c1ccc(OC(F)(F)F)cc1. The van der Waals surface area contributed by atoms with Crippen molar-refractivity contribution in [2.24, 2.45) is 17.4 Å². The maximum Gasteiger partial charge on any atom is 0.573 e. The number of carbonyl (C=O) groups excluding carboxylic acids is 2. The average molecular weight is 422 g/mol. The standard InChI is InChI=1S/C21H21F3N2O4/c22-21(23,24)30-14-8-6-12(7-9-14)19(27)18-16(25)10-15(11-17(18)26)29-20(28)13-4-2-1-3-5-13/h1-9,15-18H,10-11,25-26H2. The van der Waals surface area contributed by atoms with Crippen LogP contribution >= 0.6 is 0 Å². The van der Waals surface area contributed by atoms with Gasteiger partial charge in [-0.15, -0.1) is 13.2 Å². The number of alkyl halides is 3. The highest BCUT2D eigenvalue weighted by atomic mass is 19.4. The molecule has 4 N–H and O–H groups in total. The predicted octanol–water partition coefficient (Wildman–Crippen LogP) is 3.06. The van der Waals surface area contributed by atoms with Crippen molar-refractivity contribution in [2.75, 3.05) is 0 Å². The highest BCUT2D eigenvalue weighted by Crippen LogP contribution is 2.29. The van der Waals surface area contributed by atoms with Crippen LogP contribution in [-0.2, 0) is 4.74 Å². The van der Waals surface area contributed by atoms with Crippen molar-refractivity contribution < 1.29 is 32.2 Å². The minimum Gasteiger partial charge on any atom is -0.459 e. The molecule has 1 aliphatic rings. The Morgan fingerprint density at radius 1 is 0.867 bits per heavy atom. The molecule has 2 unspecified atom stereocenters. The van der Waals surface area contributed by atoms with Gasteiger partial charge in [0.15, 0.2) is 5.78 Å². The number of benzene rings is 2. The Kier molecular flexibility index (Phi) is 6.42. The molecule has 0 heterocycles. The number of rotatable bonds is 5. The summed E-state index contributed by atoms with van der Waals surface area (Å²) in [4.78, 5) is 25.1. The number of Topliss-reactive ketones (excluding diaryl/α,β-unsaturated/α-hetero) is 1. The molecule has 0 bridgehead atoms. The van der Waals surface area contributed by atoms with Gasteiger partial charge in [-0.05, 0) is 36.4 Å². The summed E-state index contributed by atoms with van der Waals surface area (Å²) in [7, 11) is 0. The number of carbonyl (C=O) groups is 2. The molecule has 2 aromatic rings. The van der Waals surface area contributed by atoms with Crippen molar-refractivity contribution in [1.82, 2.24) is 0 Å². The van der Waals surface area contributed by atoms with E-state index in [1.807, 2.05) is 0 Å². The van der Waals surface area contributed by atoms with E-state index in [1.54, 1.807) is 30.3 Å². The summed E-state index contributed by atoms with van der Waals surface area (Å²) in [6, 6.07) is 11.7. The third-order valence-electron chi connectivity index (χ3n) is 4.95. The molecule has 2 aromatic carbocycles. The van der Waals surface area contributed by atoms with Gasteiger partial charge in [0.2, 0.25) is 0 Å². The minimum absolute atomic E-state index is 0.181. The topological polar surface area (TPSA) is 105 Å². The van der Waals surface area contributed by atoms with E-state index in [0.717, 1.165) is 12.1 Å². The summed E-state index contributed by atoms with van der Waals surface area (Å²) in [5.74, 6) is -2.04. The summed E-state index contributed by atoms with van der Waals surface area (Å²) in [5.41, 5.74) is 12.9. The summed E-state index contributed by atoms with van der Waals surface area (Å²) in [6.07, 6.45) is -4.85. The van der Waals surface area contributed by atoms with Crippen LogP contribution in [0.25, 0.3) is 0 Å². The maximum atomic E-state index is 12.8. The molecule has 6 nitrogen and oxygen atoms in total. The summed E-state index contributed by atoms with van der Waals surface area (Å²) in [5, 5.41) is 0. The monoisotopic (exact) mass is 422 g/mol. The smallest absolute Gasteiger partial charge is 0.459 e. The number of esters is 1. The molecule has 2 atom stereocenters. The van der Waals surface area contributed by atoms with Crippen LogP contribution in [0.2, 0.25) is 0 Å². The van der Waals surface area contributed by atoms with Crippen molar-refractivity contribution in [3.05, 3.63) is 65.7 Å². The Balaban J connectivity index is 1.64. The van der Waals surface area contributed by atoms with Crippen LogP contribution in [0.5, 0.6) is 5.75 Å². The van der Waals surface area contributed by atoms with Crippen LogP contribution in [-0.4, -0.2) is 36.3 Å². The number of halogens is 3. The van der Waals surface area contributed by atoms with E-state index >= 15 is 0 Å². The highest BCUT2D eigenvalue weighted by molar-refractivity contribution is 5.99. The van der Waals surface area contributed by atoms with Gasteiger partial charge < -0.3 is 20.9 Å². The van der Waals surface area contributed by atoms with E-state index in [2.05, 4.69) is 4.74 Å². The summed E-state index contributed by atoms with van der Waals surface area (Å²) >= 11 is 0. The molecule has 160 valence electrons. The number of hydrogen-bond donors (Lipinski definition) is 2. The number of ether oxygens (including phenoxy) is 2. The van der Waals surface area contributed by atoms with Crippen LogP contribution in [0.4, 0.5) is 13.2 Å². The fourth-order valence-electron chi connectivity index (χ4n) is 3.61. The number of hydrogen-bond acceptors (Lipinski definition) is 6. The lowest BCUT2D eigenvalue weighted by molar-refractivity contribution is -0.274. The second kappa shape index (κ2) is 8.85. The van der Waals surface area contributed by atoms with Gasteiger partial charge in [0.05, 0.1) is 11.5 Å². The van der Waals surface area contributed by atoms with E-state index in [4.69, 9.17) is 16.2 Å². The number of ketones is 1. The van der Waals surface area contributed by atoms with Crippen molar-refractivity contribution in [2.45, 2.75) is 37.4 Å². The lowest BCUT2D eigenvalue weighted by atomic mass is 9.76. The summed E-state index contributed by atoms with van der Waals surface area (Å²) < 4.78 is 46.1. The van der Waals surface area contributed by atoms with Crippen molar-refractivity contribution in [1.29, 1.82) is 0 Å². The van der Waals surface area contributed by atoms with Gasteiger partial charge in [0.25, 0.3) is 0 Å². The van der Waals surface area contributed by atoms with Crippen molar-refractivity contribution in [3.63, 3.8) is 0 Å². The Morgan fingerprint density at radius 2 is 1.43 bits per heavy atom. The first-order valence-corrected chi connectivity index (χ1v) is 9.31. The van der Waals surface area contributed by atoms with E-state index in [9.17, 15) is 22.8 Å². The molecule has 3 rings (SSSR count). The zero-order valence-electron chi connectivity index (χ0n) is 15.8. The van der Waals surface area contributed by atoms with Crippen molar-refractivity contribution in [3.8, 4) is 5.75 Å². The van der Waals surface area contributed by atoms with Crippen LogP contribution in [0, 0.1) is 5.92 Å². The van der Waals surface area contributed by atoms with Gasteiger partial charge in [-0.1, -0.05) is 18.2 Å². The fourth-order valence-corrected chi connectivity index (χ4v) is 3.61. The minimum atomic E-state index is -4.81. The van der Waals surface area contributed by atoms with Crippen LogP contribution in [0.15, 0.2) is 54.6 Å². The highest BCUT2D eigenvalue weighted by Gasteiger charge is 2.40. The van der Waals surface area contributed by atoms with Crippen LogP contribution in [0.1, 0.15) is 33.6 Å². The van der Waals surface area contributed by atoms with Crippen LogP contribution < -0.4 is 16.2 Å². The molecular formula is C21H21F3N2O4. The first kappa shape index (κ1) is 21.8. The van der Waals surface area contributed by atoms with E-state index in [0.29, 0.717) is 5.56 Å². The van der Waals surface area contributed by atoms with Gasteiger partial charge in [-0.25, -0.2) is 4.79 Å². The first-order valence-electron chi connectivity index (χ1n) is 9.31. The second-order valence-corrected chi connectivity index (χ2v) is 7.15. The number of nitrogens with two attached hydrogens (primary N) is 2. The normalized spacial score (nSPS) is 24.2. The van der Waals surface area contributed by atoms with E-state index in [-0.39, 0.29) is 24.2 Å². The predicted molar refractivity (Wildman–Crippen MR) is 102 cm³/mol. The molecule has 1 fully saturated rings. The Bertz CT molecular complexity index is 875. The summed E-state index contributed by atoms with van der Waals surface area (Å²) in [6.45, 7) is 0. The molecule has 1 saturated carbocycles. The molecule has 9 heteroatoms. The van der Waals surface area contributed by atoms with Gasteiger partial charge in [0, 0.05) is 30.5 Å². The molecule has 1 aliphatic carbocycles. The maximum absolute atomic E-state index is 12.8. The Morgan fingerprint density at radius 3 is 1.97 bits per heavy atom. The zero-order valence-corrected chi connectivity index (χ0v) is 15.8.